The molecule has 4 unspecified atom stereocenters. The van der Waals surface area contributed by atoms with Crippen molar-refractivity contribution in [1.29, 1.82) is 0 Å². The zero-order valence-electron chi connectivity index (χ0n) is 19.6. The lowest BCUT2D eigenvalue weighted by atomic mass is 9.75. The van der Waals surface area contributed by atoms with Gasteiger partial charge in [0.05, 0.1) is 11.8 Å². The molecule has 0 bridgehead atoms. The normalized spacial score (nSPS) is 29.4. The highest BCUT2D eigenvalue weighted by molar-refractivity contribution is 6.10. The zero-order chi connectivity index (χ0) is 24.0. The van der Waals surface area contributed by atoms with Gasteiger partial charge >= 0.3 is 5.97 Å². The number of hydrogen-bond donors (Lipinski definition) is 2. The number of nitrogens with one attached hydrogen (secondary N) is 1. The molecular weight excluding hydrogens is 430 g/mol. The number of aliphatic carboxylic acids is 1. The monoisotopic (exact) mass is 461 g/mol. The van der Waals surface area contributed by atoms with Crippen molar-refractivity contribution < 1.29 is 19.5 Å². The summed E-state index contributed by atoms with van der Waals surface area (Å²) in [5.74, 6) is -3.49. The second kappa shape index (κ2) is 8.55. The van der Waals surface area contributed by atoms with Crippen LogP contribution in [-0.2, 0) is 19.9 Å². The SMILES string of the molecule is CN(C)c1ccc(C2NC(C(=O)O)(c3ccccc3)C3C(=O)N(C4CCCCC4)C(=O)C23)cc1. The predicted molar refractivity (Wildman–Crippen MR) is 128 cm³/mol. The van der Waals surface area contributed by atoms with E-state index in [2.05, 4.69) is 5.32 Å². The molecule has 2 heterocycles. The molecule has 2 aromatic rings. The zero-order valence-corrected chi connectivity index (χ0v) is 19.6. The maximum absolute atomic E-state index is 13.9. The van der Waals surface area contributed by atoms with Crippen LogP contribution in [0.1, 0.15) is 49.3 Å². The molecule has 0 radical (unpaired) electrons. The molecule has 0 aromatic heterocycles. The van der Waals surface area contributed by atoms with Gasteiger partial charge in [-0.05, 0) is 36.1 Å². The lowest BCUT2D eigenvalue weighted by molar-refractivity contribution is -0.153. The lowest BCUT2D eigenvalue weighted by Crippen LogP contribution is -2.54. The van der Waals surface area contributed by atoms with Gasteiger partial charge in [-0.3, -0.25) is 19.8 Å². The van der Waals surface area contributed by atoms with Gasteiger partial charge in [0.25, 0.3) is 0 Å². The number of likely N-dealkylation sites (tertiary alicyclic amines) is 1. The van der Waals surface area contributed by atoms with E-state index in [4.69, 9.17) is 0 Å². The third-order valence-electron chi connectivity index (χ3n) is 7.87. The van der Waals surface area contributed by atoms with E-state index in [0.717, 1.165) is 43.4 Å². The second-order valence-electron chi connectivity index (χ2n) is 9.93. The van der Waals surface area contributed by atoms with Crippen molar-refractivity contribution in [3.63, 3.8) is 0 Å². The van der Waals surface area contributed by atoms with Crippen LogP contribution in [0, 0.1) is 11.8 Å². The molecule has 3 fully saturated rings. The van der Waals surface area contributed by atoms with Crippen LogP contribution < -0.4 is 10.2 Å². The van der Waals surface area contributed by atoms with Gasteiger partial charge < -0.3 is 10.0 Å². The molecule has 34 heavy (non-hydrogen) atoms. The molecule has 4 atom stereocenters. The van der Waals surface area contributed by atoms with Gasteiger partial charge in [-0.25, -0.2) is 4.79 Å². The number of carboxylic acid groups (broad SMARTS) is 1. The molecule has 2 amide bonds. The minimum absolute atomic E-state index is 0.140. The summed E-state index contributed by atoms with van der Waals surface area (Å²) in [7, 11) is 3.90. The number of carbonyl (C=O) groups is 3. The van der Waals surface area contributed by atoms with Gasteiger partial charge in [0, 0.05) is 31.9 Å². The van der Waals surface area contributed by atoms with Crippen LogP contribution in [0.5, 0.6) is 0 Å². The summed E-state index contributed by atoms with van der Waals surface area (Å²) in [5, 5.41) is 13.9. The van der Waals surface area contributed by atoms with E-state index in [1.165, 1.54) is 4.90 Å². The molecule has 7 nitrogen and oxygen atoms in total. The minimum atomic E-state index is -1.67. The van der Waals surface area contributed by atoms with Crippen molar-refractivity contribution >= 4 is 23.5 Å². The predicted octanol–water partition coefficient (Wildman–Crippen LogP) is 3.31. The molecule has 2 saturated heterocycles. The molecule has 2 aliphatic heterocycles. The van der Waals surface area contributed by atoms with E-state index in [-0.39, 0.29) is 17.9 Å². The first-order valence-electron chi connectivity index (χ1n) is 12.1. The summed E-state index contributed by atoms with van der Waals surface area (Å²) in [6.45, 7) is 0. The van der Waals surface area contributed by atoms with Crippen molar-refractivity contribution in [2.45, 2.75) is 49.7 Å². The van der Waals surface area contributed by atoms with E-state index in [0.29, 0.717) is 5.56 Å². The Morgan fingerprint density at radius 3 is 2.21 bits per heavy atom. The minimum Gasteiger partial charge on any atom is -0.480 e. The highest BCUT2D eigenvalue weighted by atomic mass is 16.4. The summed E-state index contributed by atoms with van der Waals surface area (Å²) >= 11 is 0. The number of rotatable bonds is 5. The Balaban J connectivity index is 1.64. The van der Waals surface area contributed by atoms with Crippen LogP contribution in [0.15, 0.2) is 54.6 Å². The number of imide groups is 1. The molecular formula is C27H31N3O4. The fourth-order valence-corrected chi connectivity index (χ4v) is 6.18. The molecule has 7 heteroatoms. The Bertz CT molecular complexity index is 1090. The Labute approximate surface area is 199 Å². The first kappa shape index (κ1) is 22.6. The molecule has 2 aromatic carbocycles. The summed E-state index contributed by atoms with van der Waals surface area (Å²) in [5.41, 5.74) is 0.638. The Hall–Kier alpha value is -3.19. The van der Waals surface area contributed by atoms with Crippen LogP contribution >= 0.6 is 0 Å². The van der Waals surface area contributed by atoms with Crippen LogP contribution in [0.2, 0.25) is 0 Å². The number of carbonyl (C=O) groups excluding carboxylic acids is 2. The summed E-state index contributed by atoms with van der Waals surface area (Å²) < 4.78 is 0. The number of nitrogens with zero attached hydrogens (tertiary/aromatic N) is 2. The van der Waals surface area contributed by atoms with Gasteiger partial charge in [0.15, 0.2) is 5.54 Å². The molecule has 0 spiro atoms. The van der Waals surface area contributed by atoms with Gasteiger partial charge in [-0.2, -0.15) is 0 Å². The number of anilines is 1. The van der Waals surface area contributed by atoms with Crippen molar-refractivity contribution in [3.8, 4) is 0 Å². The summed E-state index contributed by atoms with van der Waals surface area (Å²) in [6.07, 6.45) is 4.64. The molecule has 178 valence electrons. The average Bonchev–Trinajstić information content (AvgIpc) is 3.35. The molecule has 1 saturated carbocycles. The van der Waals surface area contributed by atoms with E-state index < -0.39 is 29.4 Å². The molecule has 5 rings (SSSR count). The summed E-state index contributed by atoms with van der Waals surface area (Å²) in [4.78, 5) is 44.1. The second-order valence-corrected chi connectivity index (χ2v) is 9.93. The fraction of sp³-hybridized carbons (Fsp3) is 0.444. The van der Waals surface area contributed by atoms with Crippen LogP contribution in [-0.4, -0.2) is 47.9 Å². The Morgan fingerprint density at radius 1 is 0.971 bits per heavy atom. The van der Waals surface area contributed by atoms with Crippen molar-refractivity contribution in [2.24, 2.45) is 11.8 Å². The standard InChI is InChI=1S/C27H31N3O4/c1-29(2)19-15-13-17(14-16-19)23-21-22(25(32)30(24(21)31)20-11-7-4-8-12-20)27(28-23,26(33)34)18-9-5-3-6-10-18/h3,5-6,9-10,13-16,20-23,28H,4,7-8,11-12H2,1-2H3,(H,33,34). The Kier molecular flexibility index (Phi) is 5.68. The van der Waals surface area contributed by atoms with Gasteiger partial charge in [0.2, 0.25) is 11.8 Å². The fourth-order valence-electron chi connectivity index (χ4n) is 6.18. The number of carboxylic acids is 1. The maximum atomic E-state index is 13.9. The average molecular weight is 462 g/mol. The van der Waals surface area contributed by atoms with Crippen molar-refractivity contribution in [1.82, 2.24) is 10.2 Å². The van der Waals surface area contributed by atoms with Gasteiger partial charge in [-0.15, -0.1) is 0 Å². The third-order valence-corrected chi connectivity index (χ3v) is 7.87. The van der Waals surface area contributed by atoms with Gasteiger partial charge in [0.1, 0.15) is 0 Å². The van der Waals surface area contributed by atoms with Crippen molar-refractivity contribution in [2.75, 3.05) is 19.0 Å². The van der Waals surface area contributed by atoms with Crippen LogP contribution in [0.25, 0.3) is 0 Å². The van der Waals surface area contributed by atoms with E-state index >= 15 is 0 Å². The van der Waals surface area contributed by atoms with E-state index in [9.17, 15) is 19.5 Å². The van der Waals surface area contributed by atoms with E-state index in [1.54, 1.807) is 24.3 Å². The number of fused-ring (bicyclic) bond motifs is 1. The number of benzene rings is 2. The smallest absolute Gasteiger partial charge is 0.329 e. The first-order valence-corrected chi connectivity index (χ1v) is 12.1. The quantitative estimate of drug-likeness (QED) is 0.664. The largest absolute Gasteiger partial charge is 0.480 e. The van der Waals surface area contributed by atoms with Crippen LogP contribution in [0.4, 0.5) is 5.69 Å². The topological polar surface area (TPSA) is 90.0 Å². The van der Waals surface area contributed by atoms with Gasteiger partial charge in [-0.1, -0.05) is 61.7 Å². The number of hydrogen-bond acceptors (Lipinski definition) is 5. The Morgan fingerprint density at radius 2 is 1.62 bits per heavy atom. The summed E-state index contributed by atoms with van der Waals surface area (Å²) in [6, 6.07) is 15.9. The molecule has 3 aliphatic rings. The molecule has 2 N–H and O–H groups in total. The van der Waals surface area contributed by atoms with E-state index in [1.807, 2.05) is 49.3 Å². The number of amides is 2. The first-order chi connectivity index (χ1) is 16.4. The van der Waals surface area contributed by atoms with Crippen LogP contribution in [0.3, 0.4) is 0 Å². The highest BCUT2D eigenvalue weighted by Gasteiger charge is 2.69. The lowest BCUT2D eigenvalue weighted by Gasteiger charge is -2.35. The maximum Gasteiger partial charge on any atom is 0.329 e. The third kappa shape index (κ3) is 3.33. The van der Waals surface area contributed by atoms with Crippen molar-refractivity contribution in [3.05, 3.63) is 65.7 Å². The highest BCUT2D eigenvalue weighted by Crippen LogP contribution is 2.54. The molecule has 1 aliphatic carbocycles.